The van der Waals surface area contributed by atoms with Gasteiger partial charge in [-0.1, -0.05) is 25.7 Å². The lowest BCUT2D eigenvalue weighted by atomic mass is 10.0. The zero-order valence-electron chi connectivity index (χ0n) is 11.8. The van der Waals surface area contributed by atoms with Crippen molar-refractivity contribution in [3.05, 3.63) is 0 Å². The maximum absolute atomic E-state index is 12.0. The molecule has 0 aromatic rings. The first kappa shape index (κ1) is 13.9. The minimum Gasteiger partial charge on any atom is -0.345 e. The van der Waals surface area contributed by atoms with Crippen LogP contribution in [0.1, 0.15) is 57.8 Å². The van der Waals surface area contributed by atoms with Crippen molar-refractivity contribution >= 4 is 5.91 Å². The second-order valence-corrected chi connectivity index (χ2v) is 6.50. The van der Waals surface area contributed by atoms with Crippen molar-refractivity contribution in [2.45, 2.75) is 57.8 Å². The molecule has 0 aromatic carbocycles. The molecule has 2 saturated carbocycles. The van der Waals surface area contributed by atoms with E-state index < -0.39 is 0 Å². The standard InChI is InChI=1S/C15H28N2O/c1-17(12-15(11-16)9-10-15)14(18)8-4-7-13-5-2-3-6-13/h13H,2-12,16H2,1H3. The molecule has 0 aliphatic heterocycles. The lowest BCUT2D eigenvalue weighted by Crippen LogP contribution is -2.35. The molecule has 18 heavy (non-hydrogen) atoms. The summed E-state index contributed by atoms with van der Waals surface area (Å²) in [7, 11) is 1.94. The Labute approximate surface area is 111 Å². The fourth-order valence-electron chi connectivity index (χ4n) is 3.23. The van der Waals surface area contributed by atoms with Crippen LogP contribution in [0, 0.1) is 11.3 Å². The first-order valence-electron chi connectivity index (χ1n) is 7.59. The number of carbonyl (C=O) groups excluding carboxylic acids is 1. The molecule has 0 unspecified atom stereocenters. The Kier molecular flexibility index (Phi) is 4.66. The molecule has 0 bridgehead atoms. The van der Waals surface area contributed by atoms with E-state index >= 15 is 0 Å². The van der Waals surface area contributed by atoms with E-state index in [4.69, 9.17) is 5.73 Å². The number of nitrogens with zero attached hydrogens (tertiary/aromatic N) is 1. The zero-order valence-corrected chi connectivity index (χ0v) is 11.8. The highest BCUT2D eigenvalue weighted by Gasteiger charge is 2.42. The zero-order chi connectivity index (χ0) is 13.0. The van der Waals surface area contributed by atoms with Gasteiger partial charge in [0.15, 0.2) is 0 Å². The summed E-state index contributed by atoms with van der Waals surface area (Å²) in [4.78, 5) is 13.9. The van der Waals surface area contributed by atoms with Gasteiger partial charge in [-0.2, -0.15) is 0 Å². The molecule has 3 nitrogen and oxygen atoms in total. The highest BCUT2D eigenvalue weighted by molar-refractivity contribution is 5.75. The van der Waals surface area contributed by atoms with Crippen molar-refractivity contribution < 1.29 is 4.79 Å². The van der Waals surface area contributed by atoms with Crippen LogP contribution in [0.2, 0.25) is 0 Å². The predicted molar refractivity (Wildman–Crippen MR) is 74.2 cm³/mol. The summed E-state index contributed by atoms with van der Waals surface area (Å²) in [5.41, 5.74) is 6.04. The normalized spacial score (nSPS) is 22.1. The summed E-state index contributed by atoms with van der Waals surface area (Å²) in [6, 6.07) is 0. The monoisotopic (exact) mass is 252 g/mol. The highest BCUT2D eigenvalue weighted by Crippen LogP contribution is 2.44. The number of amides is 1. The van der Waals surface area contributed by atoms with Crippen LogP contribution in [0.4, 0.5) is 0 Å². The second kappa shape index (κ2) is 6.05. The van der Waals surface area contributed by atoms with Gasteiger partial charge >= 0.3 is 0 Å². The molecule has 1 amide bonds. The van der Waals surface area contributed by atoms with Crippen LogP contribution < -0.4 is 5.73 Å². The van der Waals surface area contributed by atoms with Gasteiger partial charge in [-0.3, -0.25) is 4.79 Å². The molecule has 0 aromatic heterocycles. The average Bonchev–Trinajstić information content (AvgIpc) is 2.94. The molecule has 2 fully saturated rings. The number of hydrogen-bond acceptors (Lipinski definition) is 2. The molecule has 2 aliphatic carbocycles. The average molecular weight is 252 g/mol. The molecule has 3 heteroatoms. The van der Waals surface area contributed by atoms with Crippen molar-refractivity contribution in [3.63, 3.8) is 0 Å². The fourth-order valence-corrected chi connectivity index (χ4v) is 3.23. The van der Waals surface area contributed by atoms with Crippen LogP contribution in [0.3, 0.4) is 0 Å². The van der Waals surface area contributed by atoms with Crippen LogP contribution in [-0.4, -0.2) is 30.9 Å². The summed E-state index contributed by atoms with van der Waals surface area (Å²) in [6.45, 7) is 1.60. The van der Waals surface area contributed by atoms with Crippen molar-refractivity contribution in [1.29, 1.82) is 0 Å². The number of hydrogen-bond donors (Lipinski definition) is 1. The van der Waals surface area contributed by atoms with E-state index in [1.54, 1.807) is 0 Å². The predicted octanol–water partition coefficient (Wildman–Crippen LogP) is 2.54. The van der Waals surface area contributed by atoms with Crippen LogP contribution in [0.15, 0.2) is 0 Å². The van der Waals surface area contributed by atoms with Crippen LogP contribution in [0.25, 0.3) is 0 Å². The summed E-state index contributed by atoms with van der Waals surface area (Å²) < 4.78 is 0. The summed E-state index contributed by atoms with van der Waals surface area (Å²) in [5, 5.41) is 0. The van der Waals surface area contributed by atoms with Crippen LogP contribution >= 0.6 is 0 Å². The van der Waals surface area contributed by atoms with Gasteiger partial charge in [0.2, 0.25) is 5.91 Å². The summed E-state index contributed by atoms with van der Waals surface area (Å²) >= 11 is 0. The third-order valence-corrected chi connectivity index (χ3v) is 4.87. The number of carbonyl (C=O) groups is 1. The maximum Gasteiger partial charge on any atom is 0.222 e. The van der Waals surface area contributed by atoms with Gasteiger partial charge < -0.3 is 10.6 Å². The van der Waals surface area contributed by atoms with Crippen molar-refractivity contribution in [3.8, 4) is 0 Å². The van der Waals surface area contributed by atoms with E-state index in [-0.39, 0.29) is 5.41 Å². The van der Waals surface area contributed by atoms with Gasteiger partial charge in [0, 0.05) is 25.4 Å². The molecule has 0 spiro atoms. The van der Waals surface area contributed by atoms with Crippen molar-refractivity contribution in [2.24, 2.45) is 17.1 Å². The summed E-state index contributed by atoms with van der Waals surface area (Å²) in [6.07, 6.45) is 11.0. The first-order chi connectivity index (χ1) is 8.65. The molecule has 0 radical (unpaired) electrons. The molecule has 2 N–H and O–H groups in total. The van der Waals surface area contributed by atoms with Gasteiger partial charge in [-0.25, -0.2) is 0 Å². The topological polar surface area (TPSA) is 46.3 Å². The Bertz CT molecular complexity index is 280. The second-order valence-electron chi connectivity index (χ2n) is 6.50. The molecule has 0 saturated heterocycles. The Morgan fingerprint density at radius 3 is 2.56 bits per heavy atom. The number of nitrogens with two attached hydrogens (primary N) is 1. The van der Waals surface area contributed by atoms with E-state index in [1.165, 1.54) is 44.9 Å². The molecular formula is C15H28N2O. The van der Waals surface area contributed by atoms with Gasteiger partial charge in [-0.05, 0) is 38.1 Å². The Morgan fingerprint density at radius 1 is 1.33 bits per heavy atom. The van der Waals surface area contributed by atoms with Crippen LogP contribution in [-0.2, 0) is 4.79 Å². The molecule has 0 heterocycles. The van der Waals surface area contributed by atoms with Gasteiger partial charge in [0.25, 0.3) is 0 Å². The largest absolute Gasteiger partial charge is 0.345 e. The van der Waals surface area contributed by atoms with E-state index in [1.807, 2.05) is 11.9 Å². The van der Waals surface area contributed by atoms with Gasteiger partial charge in [-0.15, -0.1) is 0 Å². The first-order valence-corrected chi connectivity index (χ1v) is 7.59. The molecule has 2 rings (SSSR count). The lowest BCUT2D eigenvalue weighted by Gasteiger charge is -2.23. The van der Waals surface area contributed by atoms with E-state index in [9.17, 15) is 4.79 Å². The Hall–Kier alpha value is -0.570. The van der Waals surface area contributed by atoms with Gasteiger partial charge in [0.1, 0.15) is 0 Å². The third kappa shape index (κ3) is 3.71. The smallest absolute Gasteiger partial charge is 0.222 e. The minimum atomic E-state index is 0.274. The van der Waals surface area contributed by atoms with Crippen molar-refractivity contribution in [2.75, 3.05) is 20.1 Å². The maximum atomic E-state index is 12.0. The number of rotatable bonds is 7. The fraction of sp³-hybridized carbons (Fsp3) is 0.933. The van der Waals surface area contributed by atoms with E-state index in [2.05, 4.69) is 0 Å². The van der Waals surface area contributed by atoms with E-state index in [0.717, 1.165) is 31.8 Å². The quantitative estimate of drug-likeness (QED) is 0.757. The molecule has 2 aliphatic rings. The summed E-state index contributed by atoms with van der Waals surface area (Å²) in [5.74, 6) is 1.22. The highest BCUT2D eigenvalue weighted by atomic mass is 16.2. The Morgan fingerprint density at radius 2 is 2.00 bits per heavy atom. The molecule has 0 atom stereocenters. The van der Waals surface area contributed by atoms with Gasteiger partial charge in [0.05, 0.1) is 0 Å². The van der Waals surface area contributed by atoms with Crippen LogP contribution in [0.5, 0.6) is 0 Å². The SMILES string of the molecule is CN(CC1(CN)CC1)C(=O)CCCC1CCCC1. The minimum absolute atomic E-state index is 0.274. The Balaban J connectivity index is 1.61. The molecule has 104 valence electrons. The van der Waals surface area contributed by atoms with E-state index in [0.29, 0.717) is 5.91 Å². The lowest BCUT2D eigenvalue weighted by molar-refractivity contribution is -0.130. The van der Waals surface area contributed by atoms with Crippen molar-refractivity contribution in [1.82, 2.24) is 4.90 Å². The third-order valence-electron chi connectivity index (χ3n) is 4.87. The molecular weight excluding hydrogens is 224 g/mol.